The van der Waals surface area contributed by atoms with E-state index in [1.807, 2.05) is 60.8 Å². The molecule has 238 valence electrons. The zero-order chi connectivity index (χ0) is 32.2. The van der Waals surface area contributed by atoms with Gasteiger partial charge in [0.1, 0.15) is 18.1 Å². The van der Waals surface area contributed by atoms with Crippen LogP contribution in [0, 0.1) is 0 Å². The first-order chi connectivity index (χ1) is 21.7. The van der Waals surface area contributed by atoms with Gasteiger partial charge in [-0.1, -0.05) is 48.5 Å². The lowest BCUT2D eigenvalue weighted by Gasteiger charge is -2.25. The number of aliphatic carboxylic acids is 1. The van der Waals surface area contributed by atoms with Gasteiger partial charge in [0.15, 0.2) is 0 Å². The zero-order valence-electron chi connectivity index (χ0n) is 24.9. The fraction of sp³-hybridized carbons (Fsp3) is 0.344. The Morgan fingerprint density at radius 2 is 1.47 bits per heavy atom. The number of carboxylic acids is 1. The second-order valence-corrected chi connectivity index (χ2v) is 10.9. The van der Waals surface area contributed by atoms with E-state index in [-0.39, 0.29) is 25.7 Å². The lowest BCUT2D eigenvalue weighted by Crippen LogP contribution is -2.58. The summed E-state index contributed by atoms with van der Waals surface area (Å²) in [5.74, 6) is -3.04. The molecule has 13 heteroatoms. The molecule has 0 saturated carbocycles. The number of rotatable bonds is 17. The molecule has 4 aromatic rings. The van der Waals surface area contributed by atoms with E-state index in [0.717, 1.165) is 22.0 Å². The molecule has 0 aliphatic heterocycles. The van der Waals surface area contributed by atoms with E-state index in [4.69, 9.17) is 11.5 Å². The van der Waals surface area contributed by atoms with Crippen molar-refractivity contribution in [2.24, 2.45) is 11.5 Å². The van der Waals surface area contributed by atoms with Gasteiger partial charge in [0, 0.05) is 36.1 Å². The van der Waals surface area contributed by atoms with Gasteiger partial charge in [-0.05, 0) is 49.4 Å². The monoisotopic (exact) mass is 616 g/mol. The maximum absolute atomic E-state index is 13.8. The van der Waals surface area contributed by atoms with Gasteiger partial charge in [0.25, 0.3) is 0 Å². The van der Waals surface area contributed by atoms with Gasteiger partial charge < -0.3 is 42.5 Å². The molecule has 0 radical (unpaired) electrons. The second kappa shape index (κ2) is 16.2. The molecular formula is C32H40N8O5. The van der Waals surface area contributed by atoms with E-state index in [9.17, 15) is 24.3 Å². The average Bonchev–Trinajstić information content (AvgIpc) is 3.70. The molecule has 0 bridgehead atoms. The average molecular weight is 617 g/mol. The van der Waals surface area contributed by atoms with Crippen molar-refractivity contribution in [1.29, 1.82) is 0 Å². The molecule has 0 saturated heterocycles. The topological polar surface area (TPSA) is 221 Å². The van der Waals surface area contributed by atoms with Gasteiger partial charge in [0.2, 0.25) is 17.7 Å². The molecule has 4 atom stereocenters. The van der Waals surface area contributed by atoms with Crippen molar-refractivity contribution in [3.05, 3.63) is 90.1 Å². The first-order valence-electron chi connectivity index (χ1n) is 14.9. The van der Waals surface area contributed by atoms with E-state index in [1.165, 1.54) is 6.33 Å². The third kappa shape index (κ3) is 9.49. The maximum atomic E-state index is 13.8. The normalized spacial score (nSPS) is 13.8. The molecular weight excluding hydrogens is 576 g/mol. The summed E-state index contributed by atoms with van der Waals surface area (Å²) in [6, 6.07) is 12.4. The van der Waals surface area contributed by atoms with Crippen LogP contribution in [-0.4, -0.2) is 74.5 Å². The molecule has 0 aliphatic carbocycles. The summed E-state index contributed by atoms with van der Waals surface area (Å²) in [5.41, 5.74) is 14.9. The Morgan fingerprint density at radius 3 is 2.16 bits per heavy atom. The molecule has 45 heavy (non-hydrogen) atoms. The van der Waals surface area contributed by atoms with Crippen LogP contribution in [0.2, 0.25) is 0 Å². The number of carboxylic acid groups (broad SMARTS) is 1. The number of amides is 3. The van der Waals surface area contributed by atoms with Crippen molar-refractivity contribution >= 4 is 34.6 Å². The minimum absolute atomic E-state index is 0.0116. The summed E-state index contributed by atoms with van der Waals surface area (Å²) in [5, 5.41) is 18.7. The number of benzene rings is 2. The maximum Gasteiger partial charge on any atom is 0.326 e. The quantitative estimate of drug-likeness (QED) is 0.0795. The van der Waals surface area contributed by atoms with E-state index in [2.05, 4.69) is 30.9 Å². The molecule has 2 aromatic carbocycles. The highest BCUT2D eigenvalue weighted by atomic mass is 16.4. The lowest BCUT2D eigenvalue weighted by molar-refractivity contribution is -0.142. The summed E-state index contributed by atoms with van der Waals surface area (Å²) < 4.78 is 0. The molecule has 2 aromatic heterocycles. The molecule has 0 unspecified atom stereocenters. The number of nitrogens with zero attached hydrogens (tertiary/aromatic N) is 1. The van der Waals surface area contributed by atoms with Crippen LogP contribution < -0.4 is 27.4 Å². The fourth-order valence-electron chi connectivity index (χ4n) is 5.08. The number of para-hydroxylation sites is 1. The highest BCUT2D eigenvalue weighted by molar-refractivity contribution is 5.94. The van der Waals surface area contributed by atoms with Crippen molar-refractivity contribution in [3.63, 3.8) is 0 Å². The van der Waals surface area contributed by atoms with Crippen molar-refractivity contribution in [1.82, 2.24) is 30.9 Å². The zero-order valence-corrected chi connectivity index (χ0v) is 24.9. The third-order valence-electron chi connectivity index (χ3n) is 7.53. The number of aromatic amines is 2. The number of carbonyl (C=O) groups is 4. The van der Waals surface area contributed by atoms with Crippen LogP contribution in [0.5, 0.6) is 0 Å². The van der Waals surface area contributed by atoms with Crippen molar-refractivity contribution < 1.29 is 24.3 Å². The molecule has 13 nitrogen and oxygen atoms in total. The number of hydrogen-bond acceptors (Lipinski definition) is 7. The Kier molecular flexibility index (Phi) is 11.8. The van der Waals surface area contributed by atoms with E-state index in [0.29, 0.717) is 25.1 Å². The number of carbonyl (C=O) groups excluding carboxylic acids is 3. The number of fused-ring (bicyclic) bond motifs is 1. The van der Waals surface area contributed by atoms with Gasteiger partial charge in [0.05, 0.1) is 18.1 Å². The molecule has 10 N–H and O–H groups in total. The molecule has 2 heterocycles. The van der Waals surface area contributed by atoms with Gasteiger partial charge >= 0.3 is 5.97 Å². The fourth-order valence-corrected chi connectivity index (χ4v) is 5.08. The van der Waals surface area contributed by atoms with Gasteiger partial charge in [-0.15, -0.1) is 0 Å². The second-order valence-electron chi connectivity index (χ2n) is 10.9. The Hall–Kier alpha value is -5.01. The Balaban J connectivity index is 1.50. The first-order valence-corrected chi connectivity index (χ1v) is 14.9. The van der Waals surface area contributed by atoms with Crippen LogP contribution in [0.25, 0.3) is 10.9 Å². The van der Waals surface area contributed by atoms with Crippen LogP contribution in [-0.2, 0) is 38.4 Å². The van der Waals surface area contributed by atoms with Gasteiger partial charge in [-0.2, -0.15) is 0 Å². The van der Waals surface area contributed by atoms with E-state index in [1.54, 1.807) is 6.20 Å². The largest absolute Gasteiger partial charge is 0.480 e. The number of H-pyrrole nitrogens is 2. The number of nitrogens with two attached hydrogens (primary N) is 2. The minimum atomic E-state index is -1.19. The highest BCUT2D eigenvalue weighted by Gasteiger charge is 2.31. The molecule has 3 amide bonds. The molecule has 0 spiro atoms. The Morgan fingerprint density at radius 1 is 0.800 bits per heavy atom. The van der Waals surface area contributed by atoms with Crippen LogP contribution in [0.1, 0.15) is 36.1 Å². The molecule has 0 aliphatic rings. The first kappa shape index (κ1) is 32.9. The Bertz CT molecular complexity index is 1560. The number of hydrogen-bond donors (Lipinski definition) is 8. The summed E-state index contributed by atoms with van der Waals surface area (Å²) in [6.45, 7) is 0.401. The van der Waals surface area contributed by atoms with Gasteiger partial charge in [-0.25, -0.2) is 9.78 Å². The Labute approximate surface area is 260 Å². The number of imidazole rings is 1. The van der Waals surface area contributed by atoms with E-state index >= 15 is 0 Å². The van der Waals surface area contributed by atoms with E-state index < -0.39 is 47.9 Å². The van der Waals surface area contributed by atoms with Gasteiger partial charge in [-0.3, -0.25) is 14.4 Å². The van der Waals surface area contributed by atoms with Crippen molar-refractivity contribution in [2.75, 3.05) is 6.54 Å². The SMILES string of the molecule is NCCCC[C@H](NC(=O)[C@H](Cc1c[nH]cn1)NC(=O)[C@H](Cc1ccccc1)NC(=O)[C@@H](N)Cc1c[nH]c2ccccc12)C(=O)O. The predicted octanol–water partition coefficient (Wildman–Crippen LogP) is 0.914. The molecule has 0 fully saturated rings. The lowest BCUT2D eigenvalue weighted by atomic mass is 10.0. The molecule has 4 rings (SSSR count). The third-order valence-corrected chi connectivity index (χ3v) is 7.53. The smallest absolute Gasteiger partial charge is 0.326 e. The number of unbranched alkanes of at least 4 members (excludes halogenated alkanes) is 1. The van der Waals surface area contributed by atoms with Crippen molar-refractivity contribution in [3.8, 4) is 0 Å². The van der Waals surface area contributed by atoms with Crippen molar-refractivity contribution in [2.45, 2.75) is 62.7 Å². The summed E-state index contributed by atoms with van der Waals surface area (Å²) in [6.07, 6.45) is 6.48. The van der Waals surface area contributed by atoms with Crippen LogP contribution >= 0.6 is 0 Å². The number of aromatic nitrogens is 3. The summed E-state index contributed by atoms with van der Waals surface area (Å²) >= 11 is 0. The summed E-state index contributed by atoms with van der Waals surface area (Å²) in [4.78, 5) is 62.5. The van der Waals surface area contributed by atoms with Crippen LogP contribution in [0.4, 0.5) is 0 Å². The van der Waals surface area contributed by atoms with Crippen LogP contribution in [0.15, 0.2) is 73.3 Å². The predicted molar refractivity (Wildman–Crippen MR) is 169 cm³/mol. The summed E-state index contributed by atoms with van der Waals surface area (Å²) in [7, 11) is 0. The van der Waals surface area contributed by atoms with Crippen LogP contribution in [0.3, 0.4) is 0 Å². The highest BCUT2D eigenvalue weighted by Crippen LogP contribution is 2.19. The number of nitrogens with one attached hydrogen (secondary N) is 5. The minimum Gasteiger partial charge on any atom is -0.480 e. The standard InChI is InChI=1S/C32H40N8O5/c33-13-7-6-12-26(32(44)45)38-31(43)28(16-22-18-35-19-37-22)40-30(42)27(14-20-8-2-1-3-9-20)39-29(41)24(34)15-21-17-36-25-11-5-4-10-23(21)25/h1-5,8-11,17-19,24,26-28,36H,6-7,12-16,33-34H2,(H,35,37)(H,38,43)(H,39,41)(H,40,42)(H,44,45)/t24-,26-,27-,28-/m0/s1.